The number of nitrogens with zero attached hydrogens (tertiary/aromatic N) is 4. The minimum absolute atomic E-state index is 0.135. The number of hydrogen-bond donors (Lipinski definition) is 0. The summed E-state index contributed by atoms with van der Waals surface area (Å²) in [7, 11) is 0. The quantitative estimate of drug-likeness (QED) is 0.805. The van der Waals surface area contributed by atoms with Crippen LogP contribution in [0.3, 0.4) is 0 Å². The molecule has 2 saturated heterocycles. The third-order valence-corrected chi connectivity index (χ3v) is 4.93. The van der Waals surface area contributed by atoms with Gasteiger partial charge in [0.1, 0.15) is 6.04 Å². The summed E-state index contributed by atoms with van der Waals surface area (Å²) >= 11 is 0. The smallest absolute Gasteiger partial charge is 0.309 e. The van der Waals surface area contributed by atoms with Crippen molar-refractivity contribution < 1.29 is 9.59 Å². The number of imide groups is 1. The average Bonchev–Trinajstić information content (AvgIpc) is 2.88. The van der Waals surface area contributed by atoms with Crippen molar-refractivity contribution >= 4 is 17.6 Å². The van der Waals surface area contributed by atoms with E-state index in [0.29, 0.717) is 18.8 Å². The van der Waals surface area contributed by atoms with E-state index >= 15 is 0 Å². The van der Waals surface area contributed by atoms with Crippen LogP contribution in [0.5, 0.6) is 0 Å². The van der Waals surface area contributed by atoms with Gasteiger partial charge < -0.3 is 4.90 Å². The Kier molecular flexibility index (Phi) is 3.97. The van der Waals surface area contributed by atoms with Crippen molar-refractivity contribution in [3.8, 4) is 0 Å². The topological polar surface area (TPSA) is 56.8 Å². The summed E-state index contributed by atoms with van der Waals surface area (Å²) in [4.78, 5) is 35.1. The van der Waals surface area contributed by atoms with Gasteiger partial charge in [0.25, 0.3) is 5.91 Å². The van der Waals surface area contributed by atoms with Crippen LogP contribution >= 0.6 is 0 Å². The number of carbonyl (C=O) groups is 2. The van der Waals surface area contributed by atoms with E-state index in [4.69, 9.17) is 0 Å². The molecule has 4 rings (SSSR count). The first-order chi connectivity index (χ1) is 12.1. The van der Waals surface area contributed by atoms with Gasteiger partial charge in [-0.15, -0.1) is 0 Å². The van der Waals surface area contributed by atoms with E-state index in [9.17, 15) is 9.59 Å². The molecule has 1 atom stereocenters. The third kappa shape index (κ3) is 2.78. The fourth-order valence-corrected chi connectivity index (χ4v) is 3.54. The van der Waals surface area contributed by atoms with Crippen molar-refractivity contribution in [2.75, 3.05) is 24.5 Å². The molecule has 2 aromatic rings. The Labute approximate surface area is 146 Å². The molecular weight excluding hydrogens is 316 g/mol. The van der Waals surface area contributed by atoms with Gasteiger partial charge in [-0.25, -0.2) is 9.69 Å². The largest absolute Gasteiger partial charge is 0.332 e. The minimum Gasteiger partial charge on any atom is -0.309 e. The number of hydrogen-bond acceptors (Lipinski definition) is 4. The van der Waals surface area contributed by atoms with Crippen molar-refractivity contribution in [1.82, 2.24) is 14.8 Å². The fourth-order valence-electron chi connectivity index (χ4n) is 3.54. The van der Waals surface area contributed by atoms with Crippen LogP contribution in [0.1, 0.15) is 11.3 Å². The highest BCUT2D eigenvalue weighted by Crippen LogP contribution is 2.27. The monoisotopic (exact) mass is 336 g/mol. The summed E-state index contributed by atoms with van der Waals surface area (Å²) in [6.45, 7) is 4.62. The average molecular weight is 336 g/mol. The minimum atomic E-state index is -0.404. The molecular formula is C19H20N4O2. The van der Waals surface area contributed by atoms with Gasteiger partial charge in [0, 0.05) is 38.1 Å². The van der Waals surface area contributed by atoms with E-state index in [1.54, 1.807) is 23.2 Å². The normalized spacial score (nSPS) is 20.9. The summed E-state index contributed by atoms with van der Waals surface area (Å²) < 4.78 is 0. The second kappa shape index (κ2) is 6.29. The fraction of sp³-hybridized carbons (Fsp3) is 0.316. The van der Waals surface area contributed by atoms with Gasteiger partial charge in [0.05, 0.1) is 5.69 Å². The Bertz CT molecular complexity index is 808. The number of rotatable bonds is 3. The van der Waals surface area contributed by atoms with Crippen molar-refractivity contribution in [1.29, 1.82) is 0 Å². The summed E-state index contributed by atoms with van der Waals surface area (Å²) in [5, 5.41) is 0. The highest BCUT2D eigenvalue weighted by atomic mass is 16.2. The van der Waals surface area contributed by atoms with Gasteiger partial charge in [-0.1, -0.05) is 24.3 Å². The lowest BCUT2D eigenvalue weighted by atomic mass is 10.1. The predicted molar refractivity (Wildman–Crippen MR) is 94.1 cm³/mol. The highest BCUT2D eigenvalue weighted by molar-refractivity contribution is 6.21. The molecule has 2 aliphatic rings. The third-order valence-electron chi connectivity index (χ3n) is 4.93. The molecule has 3 heterocycles. The zero-order valence-corrected chi connectivity index (χ0v) is 14.1. The number of aromatic nitrogens is 1. The summed E-state index contributed by atoms with van der Waals surface area (Å²) in [5.41, 5.74) is 2.80. The summed E-state index contributed by atoms with van der Waals surface area (Å²) in [6, 6.07) is 12.5. The second-order valence-electron chi connectivity index (χ2n) is 6.48. The van der Waals surface area contributed by atoms with Gasteiger partial charge in [-0.2, -0.15) is 0 Å². The predicted octanol–water partition coefficient (Wildman–Crippen LogP) is 2.04. The molecule has 0 bridgehead atoms. The highest BCUT2D eigenvalue weighted by Gasteiger charge is 2.48. The van der Waals surface area contributed by atoms with Gasteiger partial charge in [0.2, 0.25) is 0 Å². The molecule has 0 radical (unpaired) electrons. The van der Waals surface area contributed by atoms with Crippen LogP contribution in [0, 0.1) is 6.92 Å². The molecule has 6 heteroatoms. The first kappa shape index (κ1) is 15.8. The Morgan fingerprint density at radius 3 is 2.64 bits per heavy atom. The molecule has 25 heavy (non-hydrogen) atoms. The number of urea groups is 1. The number of para-hydroxylation sites is 1. The van der Waals surface area contributed by atoms with Gasteiger partial charge in [-0.3, -0.25) is 14.7 Å². The van der Waals surface area contributed by atoms with E-state index in [1.807, 2.05) is 31.2 Å². The van der Waals surface area contributed by atoms with Crippen LogP contribution in [0.25, 0.3) is 0 Å². The van der Waals surface area contributed by atoms with E-state index in [-0.39, 0.29) is 11.9 Å². The van der Waals surface area contributed by atoms with Crippen molar-refractivity contribution in [2.45, 2.75) is 19.5 Å². The van der Waals surface area contributed by atoms with E-state index < -0.39 is 6.04 Å². The Morgan fingerprint density at radius 2 is 1.88 bits per heavy atom. The number of aryl methyl sites for hydroxylation is 1. The molecule has 0 spiro atoms. The molecule has 3 amide bonds. The summed E-state index contributed by atoms with van der Waals surface area (Å²) in [6.07, 6.45) is 1.79. The maximum atomic E-state index is 12.8. The van der Waals surface area contributed by atoms with E-state index in [2.05, 4.69) is 16.0 Å². The number of fused-ring (bicyclic) bond motifs is 1. The molecule has 1 aromatic carbocycles. The molecule has 128 valence electrons. The first-order valence-electron chi connectivity index (χ1n) is 8.47. The first-order valence-corrected chi connectivity index (χ1v) is 8.47. The zero-order chi connectivity index (χ0) is 17.4. The van der Waals surface area contributed by atoms with E-state index in [0.717, 1.165) is 24.3 Å². The maximum absolute atomic E-state index is 12.8. The molecule has 6 nitrogen and oxygen atoms in total. The van der Waals surface area contributed by atoms with Gasteiger partial charge >= 0.3 is 6.03 Å². The van der Waals surface area contributed by atoms with Crippen LogP contribution < -0.4 is 4.90 Å². The molecule has 2 aliphatic heterocycles. The molecule has 0 saturated carbocycles. The molecule has 1 aromatic heterocycles. The summed E-state index contributed by atoms with van der Waals surface area (Å²) in [5.74, 6) is -0.135. The number of anilines is 1. The lowest BCUT2D eigenvalue weighted by Gasteiger charge is -2.35. The Balaban J connectivity index is 1.52. The molecule has 0 unspecified atom stereocenters. The van der Waals surface area contributed by atoms with Crippen molar-refractivity contribution in [3.63, 3.8) is 0 Å². The van der Waals surface area contributed by atoms with Crippen LogP contribution in [-0.2, 0) is 11.3 Å². The Morgan fingerprint density at radius 1 is 1.08 bits per heavy atom. The van der Waals surface area contributed by atoms with E-state index in [1.165, 1.54) is 4.90 Å². The van der Waals surface area contributed by atoms with Crippen LogP contribution in [-0.4, -0.2) is 52.4 Å². The lowest BCUT2D eigenvalue weighted by molar-refractivity contribution is -0.121. The number of pyridine rings is 1. The van der Waals surface area contributed by atoms with Crippen LogP contribution in [0.15, 0.2) is 48.7 Å². The molecule has 2 fully saturated rings. The second-order valence-corrected chi connectivity index (χ2v) is 6.48. The lowest BCUT2D eigenvalue weighted by Crippen LogP contribution is -2.52. The maximum Gasteiger partial charge on any atom is 0.332 e. The number of benzene rings is 1. The number of piperazine rings is 1. The van der Waals surface area contributed by atoms with Crippen molar-refractivity contribution in [3.05, 3.63) is 59.9 Å². The van der Waals surface area contributed by atoms with Crippen molar-refractivity contribution in [2.24, 2.45) is 0 Å². The standard InChI is InChI=1S/C19H20N4O2/c1-14-15(6-5-9-20-14)12-21-10-11-22-17(13-21)18(24)23(19(22)25)16-7-3-2-4-8-16/h2-9,17H,10-13H2,1H3/t17-/m1/s1. The van der Waals surface area contributed by atoms with Gasteiger partial charge in [0.15, 0.2) is 0 Å². The zero-order valence-electron chi connectivity index (χ0n) is 14.1. The Hall–Kier alpha value is -2.73. The number of amides is 3. The van der Waals surface area contributed by atoms with Crippen LogP contribution in [0.2, 0.25) is 0 Å². The SMILES string of the molecule is Cc1ncccc1CN1CCN2C(=O)N(c3ccccc3)C(=O)[C@H]2C1. The molecule has 0 aliphatic carbocycles. The van der Waals surface area contributed by atoms with Crippen LogP contribution in [0.4, 0.5) is 10.5 Å². The number of carbonyl (C=O) groups excluding carboxylic acids is 2. The van der Waals surface area contributed by atoms with Gasteiger partial charge in [-0.05, 0) is 30.7 Å². The molecule has 0 N–H and O–H groups in total.